The van der Waals surface area contributed by atoms with E-state index in [4.69, 9.17) is 5.26 Å². The van der Waals surface area contributed by atoms with Crippen LogP contribution in [0.25, 0.3) is 5.69 Å². The van der Waals surface area contributed by atoms with Gasteiger partial charge in [-0.3, -0.25) is 9.89 Å². The summed E-state index contributed by atoms with van der Waals surface area (Å²) in [5, 5.41) is 16.2. The van der Waals surface area contributed by atoms with Gasteiger partial charge in [0.05, 0.1) is 11.3 Å². The third-order valence-corrected chi connectivity index (χ3v) is 5.10. The molecule has 0 saturated heterocycles. The van der Waals surface area contributed by atoms with E-state index in [-0.39, 0.29) is 5.56 Å². The lowest BCUT2D eigenvalue weighted by molar-refractivity contribution is 0.259. The second-order valence-corrected chi connectivity index (χ2v) is 7.78. The van der Waals surface area contributed by atoms with Gasteiger partial charge in [-0.15, -0.1) is 0 Å². The van der Waals surface area contributed by atoms with Crippen molar-refractivity contribution in [1.82, 2.24) is 9.78 Å². The lowest BCUT2D eigenvalue weighted by Gasteiger charge is -2.01. The van der Waals surface area contributed by atoms with Crippen LogP contribution >= 0.6 is 34.4 Å². The van der Waals surface area contributed by atoms with E-state index in [0.717, 1.165) is 20.2 Å². The fourth-order valence-electron chi connectivity index (χ4n) is 2.42. The zero-order valence-electron chi connectivity index (χ0n) is 14.6. The molecule has 2 aromatic carbocycles. The molecule has 28 heavy (non-hydrogen) atoms. The number of H-pyrrole nitrogens is 1. The second-order valence-electron chi connectivity index (χ2n) is 5.67. The van der Waals surface area contributed by atoms with Crippen molar-refractivity contribution in [2.24, 2.45) is 4.99 Å². The highest BCUT2D eigenvalue weighted by atomic mass is 127. The minimum atomic E-state index is -0.596. The van der Waals surface area contributed by atoms with Crippen LogP contribution in [0.15, 0.2) is 63.2 Å². The molecule has 0 spiro atoms. The maximum atomic E-state index is 12.6. The summed E-state index contributed by atoms with van der Waals surface area (Å²) in [6.07, 6.45) is 1.26. The number of nitriles is 1. The van der Waals surface area contributed by atoms with Crippen LogP contribution in [0.5, 0.6) is 0 Å². The number of nitrogens with one attached hydrogen (secondary N) is 2. The minimum Gasteiger partial charge on any atom is -0.306 e. The normalized spacial score (nSPS) is 10.8. The molecular formula is C19H14IN5O2S. The number of carbonyl (C=O) groups excluding carboxylic acids is 1. The third-order valence-electron chi connectivity index (χ3n) is 3.78. The standard InChI is InChI=1S/C19H14IN5O2S/c1-12-17(18(26)25(24-12)15-6-2-13(20)3-7-15)10-22-19(27)23-14-4-8-16(9-5-14)28-11-21/h2-10,24H,1H3,(H,23,27). The number of anilines is 1. The van der Waals surface area contributed by atoms with Crippen molar-refractivity contribution in [2.45, 2.75) is 11.8 Å². The van der Waals surface area contributed by atoms with Crippen molar-refractivity contribution in [3.8, 4) is 11.1 Å². The van der Waals surface area contributed by atoms with E-state index < -0.39 is 6.03 Å². The van der Waals surface area contributed by atoms with Gasteiger partial charge in [0, 0.05) is 26.1 Å². The molecule has 1 aromatic heterocycles. The lowest BCUT2D eigenvalue weighted by atomic mass is 10.3. The predicted octanol–water partition coefficient (Wildman–Crippen LogP) is 4.30. The van der Waals surface area contributed by atoms with E-state index in [9.17, 15) is 9.59 Å². The van der Waals surface area contributed by atoms with Crippen LogP contribution in [-0.2, 0) is 0 Å². The maximum Gasteiger partial charge on any atom is 0.345 e. The van der Waals surface area contributed by atoms with Gasteiger partial charge in [0.1, 0.15) is 5.40 Å². The summed E-state index contributed by atoms with van der Waals surface area (Å²) in [6.45, 7) is 1.75. The zero-order valence-corrected chi connectivity index (χ0v) is 17.6. The molecule has 2 N–H and O–H groups in total. The molecule has 0 atom stereocenters. The number of halogens is 1. The number of aromatic amines is 1. The molecule has 0 aliphatic rings. The van der Waals surface area contributed by atoms with Crippen LogP contribution in [-0.4, -0.2) is 22.0 Å². The van der Waals surface area contributed by atoms with Gasteiger partial charge in [0.15, 0.2) is 0 Å². The van der Waals surface area contributed by atoms with Gasteiger partial charge in [0.25, 0.3) is 5.56 Å². The zero-order chi connectivity index (χ0) is 20.1. The first kappa shape index (κ1) is 19.9. The fourth-order valence-corrected chi connectivity index (χ4v) is 3.16. The van der Waals surface area contributed by atoms with Gasteiger partial charge in [-0.25, -0.2) is 14.5 Å². The molecule has 0 fully saturated rings. The smallest absolute Gasteiger partial charge is 0.306 e. The second kappa shape index (κ2) is 8.90. The Morgan fingerprint density at radius 2 is 1.93 bits per heavy atom. The van der Waals surface area contributed by atoms with Crippen molar-refractivity contribution in [1.29, 1.82) is 5.26 Å². The average molecular weight is 503 g/mol. The number of urea groups is 1. The van der Waals surface area contributed by atoms with Gasteiger partial charge < -0.3 is 5.32 Å². The molecule has 0 bridgehead atoms. The largest absolute Gasteiger partial charge is 0.345 e. The Labute approximate surface area is 178 Å². The molecule has 7 nitrogen and oxygen atoms in total. The summed E-state index contributed by atoms with van der Waals surface area (Å²) >= 11 is 3.23. The third kappa shape index (κ3) is 4.71. The Morgan fingerprint density at radius 3 is 2.57 bits per heavy atom. The van der Waals surface area contributed by atoms with Crippen molar-refractivity contribution in [2.75, 3.05) is 5.32 Å². The van der Waals surface area contributed by atoms with E-state index in [1.807, 2.05) is 29.7 Å². The number of amides is 2. The lowest BCUT2D eigenvalue weighted by Crippen LogP contribution is -2.17. The first-order valence-corrected chi connectivity index (χ1v) is 9.96. The van der Waals surface area contributed by atoms with Crippen LogP contribution in [0.4, 0.5) is 10.5 Å². The maximum absolute atomic E-state index is 12.6. The summed E-state index contributed by atoms with van der Waals surface area (Å²) in [6, 6.07) is 13.7. The predicted molar refractivity (Wildman–Crippen MR) is 118 cm³/mol. The number of aliphatic imine (C=N–C) groups is 1. The van der Waals surface area contributed by atoms with E-state index in [1.54, 1.807) is 31.2 Å². The summed E-state index contributed by atoms with van der Waals surface area (Å²) in [7, 11) is 0. The Kier molecular flexibility index (Phi) is 6.33. The quantitative estimate of drug-likeness (QED) is 0.240. The first-order chi connectivity index (χ1) is 13.5. The molecule has 0 aliphatic carbocycles. The number of thiocyanates is 1. The van der Waals surface area contributed by atoms with Gasteiger partial charge >= 0.3 is 6.03 Å². The molecular weight excluding hydrogens is 489 g/mol. The van der Waals surface area contributed by atoms with Gasteiger partial charge in [0.2, 0.25) is 0 Å². The van der Waals surface area contributed by atoms with Gasteiger partial charge in [-0.1, -0.05) is 0 Å². The van der Waals surface area contributed by atoms with Crippen LogP contribution in [0.2, 0.25) is 0 Å². The van der Waals surface area contributed by atoms with E-state index in [1.165, 1.54) is 10.9 Å². The number of benzene rings is 2. The molecule has 3 rings (SSSR count). The highest BCUT2D eigenvalue weighted by Gasteiger charge is 2.11. The Bertz CT molecular complexity index is 1130. The minimum absolute atomic E-state index is 0.284. The highest BCUT2D eigenvalue weighted by molar-refractivity contribution is 14.1. The molecule has 140 valence electrons. The molecule has 3 aromatic rings. The Balaban J connectivity index is 1.75. The van der Waals surface area contributed by atoms with Crippen molar-refractivity contribution in [3.63, 3.8) is 0 Å². The molecule has 1 heterocycles. The summed E-state index contributed by atoms with van der Waals surface area (Å²) in [5.41, 5.74) is 1.89. The molecule has 0 aliphatic heterocycles. The Morgan fingerprint density at radius 1 is 1.25 bits per heavy atom. The van der Waals surface area contributed by atoms with E-state index in [0.29, 0.717) is 22.6 Å². The fraction of sp³-hybridized carbons (Fsp3) is 0.0526. The van der Waals surface area contributed by atoms with Crippen LogP contribution in [0.3, 0.4) is 0 Å². The van der Waals surface area contributed by atoms with Crippen LogP contribution in [0.1, 0.15) is 11.3 Å². The van der Waals surface area contributed by atoms with Crippen molar-refractivity contribution >= 4 is 52.3 Å². The number of rotatable bonds is 4. The van der Waals surface area contributed by atoms with Crippen LogP contribution < -0.4 is 10.9 Å². The molecule has 0 unspecified atom stereocenters. The summed E-state index contributed by atoms with van der Waals surface area (Å²) in [5.74, 6) is 0. The van der Waals surface area contributed by atoms with Crippen LogP contribution in [0, 0.1) is 21.2 Å². The number of aromatic nitrogens is 2. The number of carbonyl (C=O) groups is 1. The average Bonchev–Trinajstić information content (AvgIpc) is 2.96. The van der Waals surface area contributed by atoms with Crippen molar-refractivity contribution in [3.05, 3.63) is 73.7 Å². The van der Waals surface area contributed by atoms with Gasteiger partial charge in [-0.05, 0) is 89.8 Å². The summed E-state index contributed by atoms with van der Waals surface area (Å²) in [4.78, 5) is 29.3. The Hall–Kier alpha value is -2.84. The molecule has 0 radical (unpaired) electrons. The van der Waals surface area contributed by atoms with Gasteiger partial charge in [-0.2, -0.15) is 5.26 Å². The molecule has 2 amide bonds. The number of aryl methyl sites for hydroxylation is 1. The number of nitrogens with zero attached hydrogens (tertiary/aromatic N) is 3. The van der Waals surface area contributed by atoms with Crippen molar-refractivity contribution < 1.29 is 4.79 Å². The topological polar surface area (TPSA) is 103 Å². The number of thioether (sulfide) groups is 1. The number of hydrogen-bond donors (Lipinski definition) is 2. The molecule has 0 saturated carbocycles. The SMILES string of the molecule is Cc1[nH]n(-c2ccc(I)cc2)c(=O)c1C=NC(=O)Nc1ccc(SC#N)cc1. The van der Waals surface area contributed by atoms with E-state index in [2.05, 4.69) is 38.0 Å². The monoisotopic (exact) mass is 503 g/mol. The first-order valence-electron chi connectivity index (χ1n) is 8.06. The summed E-state index contributed by atoms with van der Waals surface area (Å²) < 4.78 is 2.48. The number of hydrogen-bond acceptors (Lipinski definition) is 4. The highest BCUT2D eigenvalue weighted by Crippen LogP contribution is 2.19. The molecule has 9 heteroatoms. The van der Waals surface area contributed by atoms with E-state index >= 15 is 0 Å².